The van der Waals surface area contributed by atoms with Crippen molar-refractivity contribution < 1.29 is 19.8 Å². The maximum Gasteiger partial charge on any atom is 0.407 e. The van der Waals surface area contributed by atoms with Gasteiger partial charge in [-0.05, 0) is 0 Å². The fourth-order valence-corrected chi connectivity index (χ4v) is 0.957. The standard InChI is InChI=1S/C8H12N6O4/c1-13(7(15)16)3-5-9-11-6(12-10-5)4-14(2)8(17)18/h3-4H2,1-2H3,(H,15,16)(H,17,18). The Morgan fingerprint density at radius 1 is 0.889 bits per heavy atom. The number of hydrogen-bond donors (Lipinski definition) is 2. The van der Waals surface area contributed by atoms with Crippen molar-refractivity contribution in [3.8, 4) is 0 Å². The zero-order valence-corrected chi connectivity index (χ0v) is 9.81. The largest absolute Gasteiger partial charge is 0.465 e. The van der Waals surface area contributed by atoms with Crippen molar-refractivity contribution in [3.05, 3.63) is 11.6 Å². The number of aromatic nitrogens is 4. The quantitative estimate of drug-likeness (QED) is 0.735. The summed E-state index contributed by atoms with van der Waals surface area (Å²) in [4.78, 5) is 23.0. The molecule has 0 spiro atoms. The van der Waals surface area contributed by atoms with Crippen molar-refractivity contribution in [1.82, 2.24) is 30.2 Å². The summed E-state index contributed by atoms with van der Waals surface area (Å²) >= 11 is 0. The zero-order chi connectivity index (χ0) is 13.7. The highest BCUT2D eigenvalue weighted by atomic mass is 16.4. The van der Waals surface area contributed by atoms with Crippen LogP contribution in [0.1, 0.15) is 11.6 Å². The summed E-state index contributed by atoms with van der Waals surface area (Å²) in [6, 6.07) is 0. The van der Waals surface area contributed by atoms with Gasteiger partial charge in [-0.3, -0.25) is 0 Å². The third kappa shape index (κ3) is 3.81. The second-order valence-corrected chi connectivity index (χ2v) is 3.51. The monoisotopic (exact) mass is 256 g/mol. The highest BCUT2D eigenvalue weighted by Crippen LogP contribution is 1.96. The molecular formula is C8H12N6O4. The Labute approximate surface area is 102 Å². The predicted octanol–water partition coefficient (Wildman–Crippen LogP) is -0.514. The van der Waals surface area contributed by atoms with Gasteiger partial charge in [0.05, 0.1) is 13.1 Å². The molecule has 98 valence electrons. The Kier molecular flexibility index (Phi) is 4.29. The lowest BCUT2D eigenvalue weighted by molar-refractivity contribution is 0.150. The minimum absolute atomic E-state index is 0.0373. The molecule has 1 heterocycles. The maximum absolute atomic E-state index is 10.5. The molecule has 0 saturated heterocycles. The van der Waals surface area contributed by atoms with E-state index in [1.807, 2.05) is 0 Å². The summed E-state index contributed by atoms with van der Waals surface area (Å²) in [5, 5.41) is 31.9. The minimum Gasteiger partial charge on any atom is -0.465 e. The van der Waals surface area contributed by atoms with Crippen molar-refractivity contribution in [3.63, 3.8) is 0 Å². The van der Waals surface area contributed by atoms with E-state index in [-0.39, 0.29) is 24.7 Å². The SMILES string of the molecule is CN(Cc1nnc(CN(C)C(=O)O)nn1)C(=O)O. The number of carboxylic acid groups (broad SMARTS) is 2. The normalized spacial score (nSPS) is 9.89. The summed E-state index contributed by atoms with van der Waals surface area (Å²) in [6.07, 6.45) is -2.23. The second-order valence-electron chi connectivity index (χ2n) is 3.51. The van der Waals surface area contributed by atoms with Crippen LogP contribution in [0.2, 0.25) is 0 Å². The summed E-state index contributed by atoms with van der Waals surface area (Å²) in [5.41, 5.74) is 0. The van der Waals surface area contributed by atoms with Gasteiger partial charge in [0.2, 0.25) is 0 Å². The van der Waals surface area contributed by atoms with Crippen molar-refractivity contribution in [1.29, 1.82) is 0 Å². The van der Waals surface area contributed by atoms with Gasteiger partial charge < -0.3 is 20.0 Å². The van der Waals surface area contributed by atoms with Gasteiger partial charge in [0.25, 0.3) is 0 Å². The molecule has 0 aliphatic carbocycles. The molecule has 1 aromatic rings. The lowest BCUT2D eigenvalue weighted by Crippen LogP contribution is -2.27. The molecular weight excluding hydrogens is 244 g/mol. The lowest BCUT2D eigenvalue weighted by atomic mass is 10.5. The number of rotatable bonds is 4. The number of carbonyl (C=O) groups is 2. The van der Waals surface area contributed by atoms with Crippen molar-refractivity contribution >= 4 is 12.2 Å². The van der Waals surface area contributed by atoms with E-state index < -0.39 is 12.2 Å². The van der Waals surface area contributed by atoms with Gasteiger partial charge in [-0.1, -0.05) is 0 Å². The smallest absolute Gasteiger partial charge is 0.407 e. The van der Waals surface area contributed by atoms with E-state index in [1.165, 1.54) is 14.1 Å². The number of amides is 2. The molecule has 2 N–H and O–H groups in total. The molecule has 0 bridgehead atoms. The Bertz CT molecular complexity index is 395. The number of hydrogen-bond acceptors (Lipinski definition) is 6. The second kappa shape index (κ2) is 5.70. The van der Waals surface area contributed by atoms with Gasteiger partial charge >= 0.3 is 12.2 Å². The van der Waals surface area contributed by atoms with Gasteiger partial charge in [-0.2, -0.15) is 0 Å². The van der Waals surface area contributed by atoms with Crippen molar-refractivity contribution in [2.75, 3.05) is 14.1 Å². The van der Waals surface area contributed by atoms with E-state index in [1.54, 1.807) is 0 Å². The Balaban J connectivity index is 2.63. The molecule has 0 unspecified atom stereocenters. The molecule has 0 saturated carbocycles. The van der Waals surface area contributed by atoms with Crippen LogP contribution in [0.15, 0.2) is 0 Å². The first kappa shape index (κ1) is 13.5. The van der Waals surface area contributed by atoms with Crippen LogP contribution in [0.4, 0.5) is 9.59 Å². The van der Waals surface area contributed by atoms with Gasteiger partial charge in [0.15, 0.2) is 11.6 Å². The minimum atomic E-state index is -1.12. The number of nitrogens with zero attached hydrogens (tertiary/aromatic N) is 6. The molecule has 1 rings (SSSR count). The van der Waals surface area contributed by atoms with E-state index in [0.29, 0.717) is 0 Å². The first-order valence-electron chi connectivity index (χ1n) is 4.83. The van der Waals surface area contributed by atoms with Gasteiger partial charge in [-0.15, -0.1) is 20.4 Å². The molecule has 0 radical (unpaired) electrons. The first-order chi connectivity index (χ1) is 8.40. The van der Waals surface area contributed by atoms with Crippen LogP contribution in [0, 0.1) is 0 Å². The fourth-order valence-electron chi connectivity index (χ4n) is 0.957. The summed E-state index contributed by atoms with van der Waals surface area (Å²) in [7, 11) is 2.72. The molecule has 1 aromatic heterocycles. The van der Waals surface area contributed by atoms with Crippen LogP contribution in [0.5, 0.6) is 0 Å². The molecule has 0 aliphatic heterocycles. The molecule has 18 heavy (non-hydrogen) atoms. The van der Waals surface area contributed by atoms with E-state index in [9.17, 15) is 9.59 Å². The van der Waals surface area contributed by atoms with Crippen LogP contribution < -0.4 is 0 Å². The first-order valence-corrected chi connectivity index (χ1v) is 4.83. The molecule has 0 fully saturated rings. The fraction of sp³-hybridized carbons (Fsp3) is 0.500. The lowest BCUT2D eigenvalue weighted by Gasteiger charge is -2.12. The summed E-state index contributed by atoms with van der Waals surface area (Å²) in [6.45, 7) is -0.0746. The average molecular weight is 256 g/mol. The van der Waals surface area contributed by atoms with Crippen LogP contribution >= 0.6 is 0 Å². The van der Waals surface area contributed by atoms with Gasteiger partial charge in [0, 0.05) is 14.1 Å². The molecule has 0 atom stereocenters. The molecule has 0 aromatic carbocycles. The predicted molar refractivity (Wildman–Crippen MR) is 56.6 cm³/mol. The highest BCUT2D eigenvalue weighted by molar-refractivity contribution is 5.64. The Hall–Kier alpha value is -2.52. The van der Waals surface area contributed by atoms with Gasteiger partial charge in [0.1, 0.15) is 0 Å². The van der Waals surface area contributed by atoms with Crippen LogP contribution in [-0.4, -0.2) is 66.7 Å². The maximum atomic E-state index is 10.5. The van der Waals surface area contributed by atoms with Crippen LogP contribution in [0.3, 0.4) is 0 Å². The van der Waals surface area contributed by atoms with Crippen molar-refractivity contribution in [2.24, 2.45) is 0 Å². The topological polar surface area (TPSA) is 133 Å². The van der Waals surface area contributed by atoms with Gasteiger partial charge in [-0.25, -0.2) is 9.59 Å². The Morgan fingerprint density at radius 2 is 1.17 bits per heavy atom. The molecule has 10 heteroatoms. The third-order valence-electron chi connectivity index (χ3n) is 1.97. The van der Waals surface area contributed by atoms with E-state index >= 15 is 0 Å². The molecule has 10 nitrogen and oxygen atoms in total. The summed E-state index contributed by atoms with van der Waals surface area (Å²) in [5.74, 6) is 0.281. The van der Waals surface area contributed by atoms with E-state index in [2.05, 4.69) is 20.4 Å². The van der Waals surface area contributed by atoms with E-state index in [4.69, 9.17) is 10.2 Å². The highest BCUT2D eigenvalue weighted by Gasteiger charge is 2.12. The average Bonchev–Trinajstić information content (AvgIpc) is 2.31. The van der Waals surface area contributed by atoms with Crippen molar-refractivity contribution in [2.45, 2.75) is 13.1 Å². The molecule has 2 amide bonds. The summed E-state index contributed by atoms with van der Waals surface area (Å²) < 4.78 is 0. The van der Waals surface area contributed by atoms with Crippen LogP contribution in [-0.2, 0) is 13.1 Å². The Morgan fingerprint density at radius 3 is 1.39 bits per heavy atom. The van der Waals surface area contributed by atoms with Crippen LogP contribution in [0.25, 0.3) is 0 Å². The third-order valence-corrected chi connectivity index (χ3v) is 1.97. The zero-order valence-electron chi connectivity index (χ0n) is 9.81. The molecule has 0 aliphatic rings. The van der Waals surface area contributed by atoms with E-state index in [0.717, 1.165) is 9.80 Å².